The molecule has 0 radical (unpaired) electrons. The number of imidazole rings is 1. The fraction of sp³-hybridized carbons (Fsp3) is 0.893. The second kappa shape index (κ2) is 20.1. The predicted molar refractivity (Wildman–Crippen MR) is 133 cm³/mol. The van der Waals surface area contributed by atoms with Crippen molar-refractivity contribution in [3.05, 3.63) is 18.2 Å². The molecule has 2 nitrogen and oxygen atoms in total. The third kappa shape index (κ3) is 13.5. The first-order valence-electron chi connectivity index (χ1n) is 13.9. The Labute approximate surface area is 189 Å². The van der Waals surface area contributed by atoms with Crippen molar-refractivity contribution in [3.8, 4) is 0 Å². The summed E-state index contributed by atoms with van der Waals surface area (Å²) in [5, 5.41) is 0. The molecule has 0 amide bonds. The highest BCUT2D eigenvalue weighted by atomic mass is 15.1. The molecule has 2 heteroatoms. The minimum Gasteiger partial charge on any atom is -0.234 e. The predicted octanol–water partition coefficient (Wildman–Crippen LogP) is 8.79. The third-order valence-corrected chi connectivity index (χ3v) is 6.66. The molecule has 1 aromatic rings. The van der Waals surface area contributed by atoms with E-state index in [0.717, 1.165) is 6.42 Å². The zero-order valence-electron chi connectivity index (χ0n) is 21.1. The summed E-state index contributed by atoms with van der Waals surface area (Å²) < 4.78 is 5.05. The van der Waals surface area contributed by atoms with E-state index in [1.165, 1.54) is 141 Å². The third-order valence-electron chi connectivity index (χ3n) is 6.66. The van der Waals surface area contributed by atoms with Crippen LogP contribution < -0.4 is 4.57 Å². The molecule has 30 heavy (non-hydrogen) atoms. The lowest BCUT2D eigenvalue weighted by atomic mass is 10.1. The number of hydrogen-bond acceptors (Lipinski definition) is 0. The van der Waals surface area contributed by atoms with Gasteiger partial charge in [-0.05, 0) is 25.7 Å². The summed E-state index contributed by atoms with van der Waals surface area (Å²) >= 11 is 0. The van der Waals surface area contributed by atoms with E-state index in [2.05, 4.69) is 42.3 Å². The molecule has 0 saturated heterocycles. The van der Waals surface area contributed by atoms with Gasteiger partial charge in [-0.15, -0.1) is 0 Å². The molecule has 176 valence electrons. The summed E-state index contributed by atoms with van der Waals surface area (Å²) in [6, 6.07) is 0. The van der Waals surface area contributed by atoms with Crippen LogP contribution in [0.25, 0.3) is 0 Å². The van der Waals surface area contributed by atoms with Crippen LogP contribution in [0.5, 0.6) is 0 Å². The lowest BCUT2D eigenvalue weighted by Gasteiger charge is -2.05. The lowest BCUT2D eigenvalue weighted by Crippen LogP contribution is -2.37. The van der Waals surface area contributed by atoms with E-state index in [9.17, 15) is 0 Å². The van der Waals surface area contributed by atoms with Gasteiger partial charge in [0.15, 0.2) is 0 Å². The standard InChI is InChI=1S/C28H55N2/c1-4-7-9-11-13-15-17-19-21-23-25-30-27-26-29(28(30)6-3)24-22-20-18-16-14-12-10-8-5-2/h26-27H,4-25H2,1-3H3/q+1. The molecule has 1 heterocycles. The van der Waals surface area contributed by atoms with Crippen LogP contribution in [0, 0.1) is 0 Å². The second-order valence-corrected chi connectivity index (χ2v) is 9.47. The van der Waals surface area contributed by atoms with Gasteiger partial charge in [0.2, 0.25) is 0 Å². The second-order valence-electron chi connectivity index (χ2n) is 9.47. The molecule has 0 bridgehead atoms. The highest BCUT2D eigenvalue weighted by molar-refractivity contribution is 4.83. The van der Waals surface area contributed by atoms with Crippen molar-refractivity contribution in [1.29, 1.82) is 0 Å². The van der Waals surface area contributed by atoms with Gasteiger partial charge >= 0.3 is 0 Å². The topological polar surface area (TPSA) is 8.81 Å². The van der Waals surface area contributed by atoms with Gasteiger partial charge in [0.05, 0.1) is 13.1 Å². The Morgan fingerprint density at radius 1 is 0.567 bits per heavy atom. The number of unbranched alkanes of at least 4 members (excludes halogenated alkanes) is 17. The van der Waals surface area contributed by atoms with E-state index in [0.29, 0.717) is 0 Å². The number of aromatic nitrogens is 2. The number of nitrogens with zero attached hydrogens (tertiary/aromatic N) is 2. The maximum absolute atomic E-state index is 2.53. The van der Waals surface area contributed by atoms with Crippen LogP contribution in [0.3, 0.4) is 0 Å². The van der Waals surface area contributed by atoms with Gasteiger partial charge in [-0.2, -0.15) is 0 Å². The van der Waals surface area contributed by atoms with Crippen LogP contribution in [0.1, 0.15) is 149 Å². The Bertz CT molecular complexity index is 477. The quantitative estimate of drug-likeness (QED) is 0.131. The van der Waals surface area contributed by atoms with Crippen LogP contribution in [0.4, 0.5) is 0 Å². The van der Waals surface area contributed by atoms with Gasteiger partial charge in [0, 0.05) is 6.42 Å². The van der Waals surface area contributed by atoms with Crippen molar-refractivity contribution in [1.82, 2.24) is 4.57 Å². The fourth-order valence-corrected chi connectivity index (χ4v) is 4.67. The van der Waals surface area contributed by atoms with Gasteiger partial charge in [-0.25, -0.2) is 9.13 Å². The Balaban J connectivity index is 2.08. The highest BCUT2D eigenvalue weighted by Crippen LogP contribution is 2.12. The Morgan fingerprint density at radius 2 is 1.00 bits per heavy atom. The van der Waals surface area contributed by atoms with E-state index < -0.39 is 0 Å². The van der Waals surface area contributed by atoms with Crippen LogP contribution in [0.2, 0.25) is 0 Å². The zero-order valence-corrected chi connectivity index (χ0v) is 21.1. The summed E-state index contributed by atoms with van der Waals surface area (Å²) in [4.78, 5) is 0. The first-order chi connectivity index (χ1) is 14.8. The van der Waals surface area contributed by atoms with Crippen LogP contribution in [-0.4, -0.2) is 4.57 Å². The SMILES string of the molecule is CCCCCCCCCCCCn1cc[n+](CCCCCCCCCCC)c1CC. The average Bonchev–Trinajstić information content (AvgIpc) is 3.15. The fourth-order valence-electron chi connectivity index (χ4n) is 4.67. The smallest absolute Gasteiger partial charge is 0.234 e. The van der Waals surface area contributed by atoms with E-state index in [1.807, 2.05) is 0 Å². The molecule has 0 N–H and O–H groups in total. The first-order valence-corrected chi connectivity index (χ1v) is 13.9. The monoisotopic (exact) mass is 419 g/mol. The molecular weight excluding hydrogens is 364 g/mol. The van der Waals surface area contributed by atoms with Crippen molar-refractivity contribution in [2.45, 2.75) is 162 Å². The van der Waals surface area contributed by atoms with Crippen LogP contribution in [0.15, 0.2) is 12.4 Å². The average molecular weight is 420 g/mol. The van der Waals surface area contributed by atoms with E-state index in [4.69, 9.17) is 0 Å². The van der Waals surface area contributed by atoms with Crippen LogP contribution >= 0.6 is 0 Å². The lowest BCUT2D eigenvalue weighted by molar-refractivity contribution is -0.704. The molecule has 0 aliphatic rings. The van der Waals surface area contributed by atoms with Crippen molar-refractivity contribution in [2.24, 2.45) is 0 Å². The van der Waals surface area contributed by atoms with E-state index in [1.54, 1.807) is 0 Å². The van der Waals surface area contributed by atoms with Gasteiger partial charge in [-0.1, -0.05) is 117 Å². The number of aryl methyl sites for hydroxylation is 2. The van der Waals surface area contributed by atoms with Gasteiger partial charge in [0.1, 0.15) is 12.4 Å². The minimum absolute atomic E-state index is 1.15. The molecule has 0 spiro atoms. The number of rotatable bonds is 22. The highest BCUT2D eigenvalue weighted by Gasteiger charge is 2.14. The Morgan fingerprint density at radius 3 is 1.47 bits per heavy atom. The molecule has 0 fully saturated rings. The molecule has 0 atom stereocenters. The van der Waals surface area contributed by atoms with E-state index in [-0.39, 0.29) is 0 Å². The molecule has 1 aromatic heterocycles. The van der Waals surface area contributed by atoms with E-state index >= 15 is 0 Å². The summed E-state index contributed by atoms with van der Waals surface area (Å²) in [5.41, 5.74) is 0. The van der Waals surface area contributed by atoms with Gasteiger partial charge in [-0.3, -0.25) is 0 Å². The maximum atomic E-state index is 2.53. The molecule has 0 aliphatic heterocycles. The normalized spacial score (nSPS) is 11.4. The van der Waals surface area contributed by atoms with Crippen LogP contribution in [-0.2, 0) is 19.5 Å². The summed E-state index contributed by atoms with van der Waals surface area (Å²) in [5.74, 6) is 1.53. The molecule has 0 aliphatic carbocycles. The first kappa shape index (κ1) is 27.2. The summed E-state index contributed by atoms with van der Waals surface area (Å²) in [7, 11) is 0. The summed E-state index contributed by atoms with van der Waals surface area (Å²) in [6.07, 6.45) is 32.7. The van der Waals surface area contributed by atoms with Gasteiger partial charge in [0.25, 0.3) is 5.82 Å². The molecule has 0 aromatic carbocycles. The largest absolute Gasteiger partial charge is 0.256 e. The number of hydrogen-bond donors (Lipinski definition) is 0. The Hall–Kier alpha value is -0.790. The molecule has 0 saturated carbocycles. The molecule has 0 unspecified atom stereocenters. The maximum Gasteiger partial charge on any atom is 0.256 e. The van der Waals surface area contributed by atoms with Crippen molar-refractivity contribution >= 4 is 0 Å². The van der Waals surface area contributed by atoms with Crippen molar-refractivity contribution in [3.63, 3.8) is 0 Å². The van der Waals surface area contributed by atoms with Crippen molar-refractivity contribution in [2.75, 3.05) is 0 Å². The minimum atomic E-state index is 1.15. The zero-order chi connectivity index (χ0) is 21.7. The summed E-state index contributed by atoms with van der Waals surface area (Å²) in [6.45, 7) is 9.34. The van der Waals surface area contributed by atoms with Crippen molar-refractivity contribution < 1.29 is 4.57 Å². The molecule has 1 rings (SSSR count). The Kier molecular flexibility index (Phi) is 18.3. The van der Waals surface area contributed by atoms with Gasteiger partial charge < -0.3 is 0 Å². The molecular formula is C28H55N2+.